The lowest BCUT2D eigenvalue weighted by Gasteiger charge is -2.53. The summed E-state index contributed by atoms with van der Waals surface area (Å²) in [6.45, 7) is 4.56. The van der Waals surface area contributed by atoms with Crippen molar-refractivity contribution in [3.05, 3.63) is 0 Å². The molecule has 2 amide bonds. The van der Waals surface area contributed by atoms with E-state index in [0.717, 1.165) is 37.6 Å². The van der Waals surface area contributed by atoms with Gasteiger partial charge in [0.25, 0.3) is 0 Å². The summed E-state index contributed by atoms with van der Waals surface area (Å²) >= 11 is 0. The van der Waals surface area contributed by atoms with E-state index in [1.807, 2.05) is 0 Å². The minimum Gasteiger partial charge on any atom is -0.336 e. The van der Waals surface area contributed by atoms with Gasteiger partial charge in [-0.2, -0.15) is 0 Å². The molecule has 164 valence electrons. The fourth-order valence-corrected chi connectivity index (χ4v) is 7.28. The number of piperazine rings is 1. The highest BCUT2D eigenvalue weighted by Crippen LogP contribution is 2.41. The highest BCUT2D eigenvalue weighted by Gasteiger charge is 2.44. The molecule has 29 heavy (non-hydrogen) atoms. The van der Waals surface area contributed by atoms with Crippen LogP contribution in [0.25, 0.3) is 0 Å². The number of amides is 2. The van der Waals surface area contributed by atoms with Crippen LogP contribution >= 0.6 is 0 Å². The molecule has 0 aromatic heterocycles. The number of rotatable bonds is 3. The Balaban J connectivity index is 1.33. The van der Waals surface area contributed by atoms with Gasteiger partial charge in [-0.05, 0) is 63.2 Å². The van der Waals surface area contributed by atoms with Crippen LogP contribution in [0, 0.1) is 17.8 Å². The van der Waals surface area contributed by atoms with E-state index in [9.17, 15) is 9.59 Å². The van der Waals surface area contributed by atoms with Crippen LogP contribution in [-0.4, -0.2) is 46.3 Å². The molecule has 3 saturated carbocycles. The standard InChI is InChI=1S/C25H42N2O2/c1-18-17-26(23-10-6-7-11-24(23)27(18)19(2)28)25(29)16-20-12-14-22(15-13-20)21-8-4-3-5-9-21/h18,20-24H,3-17H2,1-2H3/t18-,20?,22?,23?,24?/m0/s1. The number of hydrogen-bond acceptors (Lipinski definition) is 2. The quantitative estimate of drug-likeness (QED) is 0.655. The Labute approximate surface area is 177 Å². The Bertz CT molecular complexity index is 577. The normalized spacial score (nSPS) is 36.6. The summed E-state index contributed by atoms with van der Waals surface area (Å²) in [7, 11) is 0. The van der Waals surface area contributed by atoms with Crippen molar-refractivity contribution in [2.45, 2.75) is 122 Å². The topological polar surface area (TPSA) is 40.6 Å². The second kappa shape index (κ2) is 9.39. The Morgan fingerprint density at radius 1 is 0.759 bits per heavy atom. The number of carbonyl (C=O) groups is 2. The highest BCUT2D eigenvalue weighted by atomic mass is 16.2. The summed E-state index contributed by atoms with van der Waals surface area (Å²) in [6, 6.07) is 0.656. The van der Waals surface area contributed by atoms with E-state index in [2.05, 4.69) is 16.7 Å². The number of hydrogen-bond donors (Lipinski definition) is 0. The summed E-state index contributed by atoms with van der Waals surface area (Å²) in [4.78, 5) is 29.9. The summed E-state index contributed by atoms with van der Waals surface area (Å²) in [5.74, 6) is 3.05. The van der Waals surface area contributed by atoms with Gasteiger partial charge in [-0.1, -0.05) is 44.9 Å². The predicted molar refractivity (Wildman–Crippen MR) is 116 cm³/mol. The second-order valence-corrected chi connectivity index (χ2v) is 10.6. The van der Waals surface area contributed by atoms with E-state index in [-0.39, 0.29) is 24.0 Å². The maximum atomic E-state index is 13.3. The molecular formula is C25H42N2O2. The molecule has 0 aromatic rings. The highest BCUT2D eigenvalue weighted by molar-refractivity contribution is 5.78. The van der Waals surface area contributed by atoms with Crippen molar-refractivity contribution in [3.8, 4) is 0 Å². The SMILES string of the molecule is CC(=O)N1C2CCCCC2N(C(=O)CC2CCC(C3CCCCC3)CC2)C[C@@H]1C. The van der Waals surface area contributed by atoms with Gasteiger partial charge in [-0.15, -0.1) is 0 Å². The molecule has 1 aliphatic heterocycles. The van der Waals surface area contributed by atoms with E-state index in [1.54, 1.807) is 6.92 Å². The zero-order valence-corrected chi connectivity index (χ0v) is 18.8. The van der Waals surface area contributed by atoms with Gasteiger partial charge in [0.05, 0.1) is 12.1 Å². The van der Waals surface area contributed by atoms with Crippen LogP contribution in [0.15, 0.2) is 0 Å². The van der Waals surface area contributed by atoms with Crippen LogP contribution in [0.1, 0.15) is 104 Å². The molecule has 4 nitrogen and oxygen atoms in total. The molecular weight excluding hydrogens is 360 g/mol. The Hall–Kier alpha value is -1.06. The van der Waals surface area contributed by atoms with Crippen molar-refractivity contribution in [1.82, 2.24) is 9.80 Å². The van der Waals surface area contributed by atoms with Gasteiger partial charge in [0.2, 0.25) is 11.8 Å². The van der Waals surface area contributed by atoms with Crippen LogP contribution in [0.4, 0.5) is 0 Å². The predicted octanol–water partition coefficient (Wildman–Crippen LogP) is 5.15. The minimum atomic E-state index is 0.151. The third kappa shape index (κ3) is 4.66. The summed E-state index contributed by atoms with van der Waals surface area (Å²) in [5, 5.41) is 0. The molecule has 1 heterocycles. The van der Waals surface area contributed by atoms with Crippen LogP contribution in [-0.2, 0) is 9.59 Å². The van der Waals surface area contributed by atoms with Gasteiger partial charge in [0, 0.05) is 25.9 Å². The molecule has 4 rings (SSSR count). The molecule has 3 atom stereocenters. The Morgan fingerprint density at radius 2 is 1.34 bits per heavy atom. The lowest BCUT2D eigenvalue weighted by Crippen LogP contribution is -2.66. The van der Waals surface area contributed by atoms with Gasteiger partial charge >= 0.3 is 0 Å². The van der Waals surface area contributed by atoms with Crippen molar-refractivity contribution in [2.24, 2.45) is 17.8 Å². The minimum absolute atomic E-state index is 0.151. The third-order valence-electron chi connectivity index (χ3n) is 8.74. The van der Waals surface area contributed by atoms with Crippen molar-refractivity contribution >= 4 is 11.8 Å². The largest absolute Gasteiger partial charge is 0.336 e. The number of nitrogens with zero attached hydrogens (tertiary/aromatic N) is 2. The van der Waals surface area contributed by atoms with E-state index in [1.165, 1.54) is 70.6 Å². The van der Waals surface area contributed by atoms with Crippen molar-refractivity contribution < 1.29 is 9.59 Å². The lowest BCUT2D eigenvalue weighted by molar-refractivity contribution is -0.153. The van der Waals surface area contributed by atoms with Crippen LogP contribution in [0.2, 0.25) is 0 Å². The fraction of sp³-hybridized carbons (Fsp3) is 0.920. The first kappa shape index (κ1) is 21.2. The van der Waals surface area contributed by atoms with Crippen LogP contribution < -0.4 is 0 Å². The van der Waals surface area contributed by atoms with E-state index < -0.39 is 0 Å². The third-order valence-corrected chi connectivity index (χ3v) is 8.74. The molecule has 4 fully saturated rings. The van der Waals surface area contributed by atoms with Gasteiger partial charge in [-0.25, -0.2) is 0 Å². The average Bonchev–Trinajstić information content (AvgIpc) is 2.74. The molecule has 4 aliphatic rings. The van der Waals surface area contributed by atoms with Gasteiger partial charge in [-0.3, -0.25) is 9.59 Å². The monoisotopic (exact) mass is 402 g/mol. The first-order valence-electron chi connectivity index (χ1n) is 12.6. The Kier molecular flexibility index (Phi) is 6.86. The molecule has 4 heteroatoms. The fourth-order valence-electron chi connectivity index (χ4n) is 7.28. The molecule has 0 radical (unpaired) electrons. The molecule has 1 saturated heterocycles. The van der Waals surface area contributed by atoms with Gasteiger partial charge in [0.15, 0.2) is 0 Å². The Morgan fingerprint density at radius 3 is 2.00 bits per heavy atom. The smallest absolute Gasteiger partial charge is 0.223 e. The maximum absolute atomic E-state index is 13.3. The van der Waals surface area contributed by atoms with Gasteiger partial charge in [0.1, 0.15) is 0 Å². The molecule has 0 spiro atoms. The average molecular weight is 403 g/mol. The van der Waals surface area contributed by atoms with Crippen molar-refractivity contribution in [3.63, 3.8) is 0 Å². The number of fused-ring (bicyclic) bond motifs is 1. The summed E-state index contributed by atoms with van der Waals surface area (Å²) in [6.07, 6.45) is 17.7. The molecule has 2 unspecified atom stereocenters. The molecule has 3 aliphatic carbocycles. The van der Waals surface area contributed by atoms with E-state index in [4.69, 9.17) is 0 Å². The molecule has 0 bridgehead atoms. The van der Waals surface area contributed by atoms with Gasteiger partial charge < -0.3 is 9.80 Å². The second-order valence-electron chi connectivity index (χ2n) is 10.6. The van der Waals surface area contributed by atoms with Crippen LogP contribution in [0.5, 0.6) is 0 Å². The first-order valence-corrected chi connectivity index (χ1v) is 12.6. The van der Waals surface area contributed by atoms with Crippen molar-refractivity contribution in [2.75, 3.05) is 6.54 Å². The summed E-state index contributed by atoms with van der Waals surface area (Å²) in [5.41, 5.74) is 0. The first-order chi connectivity index (χ1) is 14.0. The number of carbonyl (C=O) groups excluding carboxylic acids is 2. The van der Waals surface area contributed by atoms with Crippen LogP contribution in [0.3, 0.4) is 0 Å². The van der Waals surface area contributed by atoms with Crippen molar-refractivity contribution in [1.29, 1.82) is 0 Å². The zero-order chi connectivity index (χ0) is 20.4. The van der Waals surface area contributed by atoms with E-state index >= 15 is 0 Å². The zero-order valence-electron chi connectivity index (χ0n) is 18.8. The molecule has 0 N–H and O–H groups in total. The maximum Gasteiger partial charge on any atom is 0.223 e. The lowest BCUT2D eigenvalue weighted by atomic mass is 9.70. The van der Waals surface area contributed by atoms with E-state index in [0.29, 0.717) is 11.8 Å². The molecule has 0 aromatic carbocycles. The summed E-state index contributed by atoms with van der Waals surface area (Å²) < 4.78 is 0.